The topological polar surface area (TPSA) is 22.9 Å². The van der Waals surface area contributed by atoms with Gasteiger partial charge in [0.1, 0.15) is 5.58 Å². The molecule has 6 aliphatic rings. The van der Waals surface area contributed by atoms with Crippen molar-refractivity contribution in [3.63, 3.8) is 0 Å². The largest absolute Gasteiger partial charge is 0.454 e. The Morgan fingerprint density at radius 2 is 1.17 bits per heavy atom. The monoisotopic (exact) mass is 1110 g/mol. The SMILES string of the molecule is Cc1cc2c3c(c1)N(c1cccc4c1oc1ccccc14)c1cc(N(c4ccc(C(C)(C)C)cc4)c4ccc(C(C)(C)C)cc4)ccc1B3c1sc3ccc(C4CCCCC4)cc3c1N2c1ccc2c(c1)C1(c3ccccc3-2)C2CCC1CC2. The van der Waals surface area contributed by atoms with Gasteiger partial charge in [-0.1, -0.05) is 158 Å². The van der Waals surface area contributed by atoms with Crippen molar-refractivity contribution in [3.8, 4) is 11.1 Å². The Morgan fingerprint density at radius 1 is 0.524 bits per heavy atom. The summed E-state index contributed by atoms with van der Waals surface area (Å²) in [5, 5.41) is 3.65. The number of para-hydroxylation sites is 2. The van der Waals surface area contributed by atoms with E-state index in [4.69, 9.17) is 4.42 Å². The van der Waals surface area contributed by atoms with Crippen LogP contribution in [0.1, 0.15) is 139 Å². The normalized spacial score (nSPS) is 19.6. The van der Waals surface area contributed by atoms with Crippen LogP contribution in [0.3, 0.4) is 0 Å². The summed E-state index contributed by atoms with van der Waals surface area (Å²) in [4.78, 5) is 7.84. The first kappa shape index (κ1) is 50.7. The number of aryl methyl sites for hydroxylation is 1. The van der Waals surface area contributed by atoms with Gasteiger partial charge < -0.3 is 19.1 Å². The first-order valence-electron chi connectivity index (χ1n) is 31.4. The molecule has 11 aromatic rings. The highest BCUT2D eigenvalue weighted by atomic mass is 32.1. The molecule has 4 heterocycles. The molecule has 3 fully saturated rings. The second-order valence-corrected chi connectivity index (χ2v) is 28.9. The first-order valence-corrected chi connectivity index (χ1v) is 32.2. The van der Waals surface area contributed by atoms with Crippen LogP contribution < -0.4 is 30.4 Å². The number of hydrogen-bond donors (Lipinski definition) is 0. The molecular formula is C78H72BN3OS. The summed E-state index contributed by atoms with van der Waals surface area (Å²) in [5.74, 6) is 1.94. The number of anilines is 9. The second-order valence-electron chi connectivity index (χ2n) is 27.8. The predicted octanol–water partition coefficient (Wildman–Crippen LogP) is 20.4. The van der Waals surface area contributed by atoms with E-state index < -0.39 is 0 Å². The molecule has 9 aromatic carbocycles. The van der Waals surface area contributed by atoms with E-state index in [1.165, 1.54) is 145 Å². The molecule has 6 heteroatoms. The van der Waals surface area contributed by atoms with Crippen LogP contribution in [0.15, 0.2) is 186 Å². The van der Waals surface area contributed by atoms with Gasteiger partial charge in [-0.25, -0.2) is 0 Å². The van der Waals surface area contributed by atoms with E-state index in [0.717, 1.165) is 44.7 Å². The van der Waals surface area contributed by atoms with Crippen molar-refractivity contribution in [2.45, 2.75) is 128 Å². The molecule has 0 N–H and O–H groups in total. The van der Waals surface area contributed by atoms with Crippen molar-refractivity contribution in [1.82, 2.24) is 0 Å². The first-order chi connectivity index (χ1) is 40.8. The van der Waals surface area contributed by atoms with Gasteiger partial charge in [0, 0.05) is 70.9 Å². The lowest BCUT2D eigenvalue weighted by molar-refractivity contribution is 0.400. The maximum Gasteiger partial charge on any atom is 0.264 e. The molecule has 17 rings (SSSR count). The minimum absolute atomic E-state index is 0.0226. The molecule has 2 bridgehead atoms. The molecule has 3 saturated carbocycles. The molecule has 0 amide bonds. The van der Waals surface area contributed by atoms with Crippen LogP contribution in [-0.2, 0) is 16.2 Å². The number of rotatable bonds is 6. The molecule has 2 aliphatic heterocycles. The maximum atomic E-state index is 7.11. The van der Waals surface area contributed by atoms with Crippen molar-refractivity contribution in [2.24, 2.45) is 11.8 Å². The quantitative estimate of drug-likeness (QED) is 0.155. The zero-order valence-corrected chi connectivity index (χ0v) is 50.5. The highest BCUT2D eigenvalue weighted by Gasteiger charge is 2.60. The summed E-state index contributed by atoms with van der Waals surface area (Å²) in [5.41, 5.74) is 26.7. The van der Waals surface area contributed by atoms with Crippen molar-refractivity contribution >= 4 is 117 Å². The molecular weight excluding hydrogens is 1040 g/mol. The van der Waals surface area contributed by atoms with Crippen LogP contribution in [0.5, 0.6) is 0 Å². The van der Waals surface area contributed by atoms with E-state index in [2.05, 4.69) is 245 Å². The summed E-state index contributed by atoms with van der Waals surface area (Å²) in [6, 6.07) is 71.3. The fourth-order valence-electron chi connectivity index (χ4n) is 17.2. The minimum atomic E-state index is -0.0335. The van der Waals surface area contributed by atoms with Crippen LogP contribution in [-0.4, -0.2) is 6.71 Å². The number of fused-ring (bicyclic) bond motifs is 12. The minimum Gasteiger partial charge on any atom is -0.454 e. The number of furan rings is 1. The van der Waals surface area contributed by atoms with E-state index in [-0.39, 0.29) is 23.0 Å². The number of benzene rings is 9. The molecule has 414 valence electrons. The van der Waals surface area contributed by atoms with Gasteiger partial charge in [0.15, 0.2) is 5.58 Å². The highest BCUT2D eigenvalue weighted by Crippen LogP contribution is 2.68. The van der Waals surface area contributed by atoms with Crippen molar-refractivity contribution in [2.75, 3.05) is 14.7 Å². The summed E-state index contributed by atoms with van der Waals surface area (Å²) in [6.07, 6.45) is 11.8. The van der Waals surface area contributed by atoms with Crippen molar-refractivity contribution in [3.05, 3.63) is 215 Å². The average molecular weight is 1110 g/mol. The van der Waals surface area contributed by atoms with Gasteiger partial charge in [0.25, 0.3) is 6.71 Å². The van der Waals surface area contributed by atoms with Gasteiger partial charge in [-0.2, -0.15) is 0 Å². The van der Waals surface area contributed by atoms with Gasteiger partial charge in [0.05, 0.1) is 11.4 Å². The van der Waals surface area contributed by atoms with Crippen molar-refractivity contribution < 1.29 is 4.42 Å². The van der Waals surface area contributed by atoms with E-state index >= 15 is 0 Å². The smallest absolute Gasteiger partial charge is 0.264 e. The fraction of sp³-hybridized carbons (Fsp3) is 0.282. The predicted molar refractivity (Wildman–Crippen MR) is 357 cm³/mol. The third-order valence-electron chi connectivity index (χ3n) is 21.1. The molecule has 4 aliphatic carbocycles. The van der Waals surface area contributed by atoms with E-state index in [9.17, 15) is 0 Å². The zero-order valence-electron chi connectivity index (χ0n) is 49.7. The Balaban J connectivity index is 0.938. The average Bonchev–Trinajstić information content (AvgIpc) is 1.52. The Bertz CT molecular complexity index is 4430. The van der Waals surface area contributed by atoms with E-state index in [0.29, 0.717) is 17.8 Å². The van der Waals surface area contributed by atoms with Gasteiger partial charge in [0.2, 0.25) is 0 Å². The van der Waals surface area contributed by atoms with Crippen LogP contribution in [0.4, 0.5) is 51.2 Å². The lowest BCUT2D eigenvalue weighted by Gasteiger charge is -2.44. The third-order valence-corrected chi connectivity index (χ3v) is 22.4. The number of thiophene rings is 1. The number of nitrogens with zero attached hydrogens (tertiary/aromatic N) is 3. The molecule has 0 radical (unpaired) electrons. The van der Waals surface area contributed by atoms with Crippen molar-refractivity contribution in [1.29, 1.82) is 0 Å². The maximum absolute atomic E-state index is 7.11. The zero-order chi connectivity index (χ0) is 56.5. The van der Waals surface area contributed by atoms with Gasteiger partial charge >= 0.3 is 0 Å². The summed E-state index contributed by atoms with van der Waals surface area (Å²) >= 11 is 2.03. The molecule has 0 saturated heterocycles. The summed E-state index contributed by atoms with van der Waals surface area (Å²) in [6.45, 7) is 16.1. The molecule has 0 atom stereocenters. The molecule has 1 spiro atoms. The Morgan fingerprint density at radius 3 is 1.88 bits per heavy atom. The van der Waals surface area contributed by atoms with E-state index in [1.54, 1.807) is 11.1 Å². The lowest BCUT2D eigenvalue weighted by atomic mass is 9.36. The van der Waals surface area contributed by atoms with Crippen LogP contribution in [0, 0.1) is 18.8 Å². The number of hydrogen-bond acceptors (Lipinski definition) is 5. The Hall–Kier alpha value is -7.80. The lowest BCUT2D eigenvalue weighted by Crippen LogP contribution is -2.60. The van der Waals surface area contributed by atoms with E-state index in [1.807, 2.05) is 11.3 Å². The standard InChI is InChI=1S/C78H72BN3OS/c1-47-42-68-72-69(43-47)82(66-22-15-20-61-60-19-12-14-23-70(60)83-74(61)66)67-46-57(80(54-33-29-50(30-34-54)76(2,3)4)55-35-31-51(32-36-55)77(5,6)7)38-40-65(67)79(72)75-73(62-44-49(24-41-71(62)84-75)48-16-9-8-10-17-48)81(68)56-37-39-59-58-18-11-13-21-63(58)78(64(59)45-56)52-25-26-53(78)28-27-52/h11-15,18-24,29-46,48,52-53H,8-10,16-17,25-28H2,1-7H3. The van der Waals surface area contributed by atoms with Crippen LogP contribution >= 0.6 is 11.3 Å². The molecule has 4 nitrogen and oxygen atoms in total. The Kier molecular flexibility index (Phi) is 11.1. The molecule has 84 heavy (non-hydrogen) atoms. The summed E-state index contributed by atoms with van der Waals surface area (Å²) in [7, 11) is 0. The Labute approximate surface area is 499 Å². The van der Waals surface area contributed by atoms with Crippen LogP contribution in [0.25, 0.3) is 43.2 Å². The van der Waals surface area contributed by atoms with Crippen LogP contribution in [0.2, 0.25) is 0 Å². The van der Waals surface area contributed by atoms with Gasteiger partial charge in [-0.05, 0) is 214 Å². The third kappa shape index (κ3) is 7.31. The molecule has 2 aromatic heterocycles. The molecule has 0 unspecified atom stereocenters. The fourth-order valence-corrected chi connectivity index (χ4v) is 18.5. The van der Waals surface area contributed by atoms with Gasteiger partial charge in [-0.3, -0.25) is 0 Å². The highest BCUT2D eigenvalue weighted by molar-refractivity contribution is 7.33. The summed E-state index contributed by atoms with van der Waals surface area (Å²) < 4.78 is 9.90. The second kappa shape index (κ2) is 18.4. The van der Waals surface area contributed by atoms with Gasteiger partial charge in [-0.15, -0.1) is 11.3 Å².